The van der Waals surface area contributed by atoms with E-state index in [0.717, 1.165) is 12.8 Å². The number of nitrogens with zero attached hydrogens (tertiary/aromatic N) is 2. The summed E-state index contributed by atoms with van der Waals surface area (Å²) in [5.41, 5.74) is 5.35. The van der Waals surface area contributed by atoms with Gasteiger partial charge in [-0.1, -0.05) is 5.16 Å². The molecule has 104 valence electrons. The number of carbonyl (C=O) groups excluding carboxylic acids is 2. The topological polar surface area (TPSA) is 101 Å². The van der Waals surface area contributed by atoms with Crippen molar-refractivity contribution in [3.05, 3.63) is 18.0 Å². The highest BCUT2D eigenvalue weighted by Crippen LogP contribution is 2.18. The van der Waals surface area contributed by atoms with Gasteiger partial charge in [0, 0.05) is 32.2 Å². The second-order valence-electron chi connectivity index (χ2n) is 4.55. The number of nitrogens with two attached hydrogens (primary N) is 1. The Balaban J connectivity index is 1.93. The van der Waals surface area contributed by atoms with Crippen LogP contribution in [0.5, 0.6) is 0 Å². The molecule has 7 heteroatoms. The average molecular weight is 266 g/mol. The predicted molar refractivity (Wildman–Crippen MR) is 67.2 cm³/mol. The van der Waals surface area contributed by atoms with Gasteiger partial charge in [0.15, 0.2) is 0 Å². The maximum absolute atomic E-state index is 12.1. The van der Waals surface area contributed by atoms with Gasteiger partial charge in [-0.15, -0.1) is 0 Å². The van der Waals surface area contributed by atoms with Crippen LogP contribution in [-0.4, -0.2) is 48.0 Å². The molecule has 2 heterocycles. The zero-order chi connectivity index (χ0) is 13.7. The highest BCUT2D eigenvalue weighted by atomic mass is 16.5. The molecule has 0 aliphatic carbocycles. The third-order valence-corrected chi connectivity index (χ3v) is 3.17. The smallest absolute Gasteiger partial charge is 0.292 e. The summed E-state index contributed by atoms with van der Waals surface area (Å²) in [6, 6.07) is 1.53. The van der Waals surface area contributed by atoms with Crippen molar-refractivity contribution in [1.82, 2.24) is 15.4 Å². The Morgan fingerprint density at radius 1 is 1.58 bits per heavy atom. The molecule has 1 aromatic rings. The minimum Gasteiger partial charge on any atom is -0.355 e. The van der Waals surface area contributed by atoms with Gasteiger partial charge < -0.3 is 20.5 Å². The number of rotatable bonds is 4. The number of hydrogen-bond acceptors (Lipinski definition) is 5. The predicted octanol–water partition coefficient (Wildman–Crippen LogP) is -0.398. The number of piperidine rings is 1. The Kier molecular flexibility index (Phi) is 4.51. The lowest BCUT2D eigenvalue weighted by atomic mass is 9.97. The van der Waals surface area contributed by atoms with Crippen molar-refractivity contribution in [3.63, 3.8) is 0 Å². The molecule has 2 amide bonds. The van der Waals surface area contributed by atoms with Gasteiger partial charge in [-0.3, -0.25) is 9.59 Å². The fourth-order valence-electron chi connectivity index (χ4n) is 2.20. The van der Waals surface area contributed by atoms with E-state index in [2.05, 4.69) is 10.5 Å². The number of likely N-dealkylation sites (tertiary alicyclic amines) is 1. The fourth-order valence-corrected chi connectivity index (χ4v) is 2.20. The van der Waals surface area contributed by atoms with E-state index in [-0.39, 0.29) is 23.5 Å². The molecule has 0 radical (unpaired) electrons. The van der Waals surface area contributed by atoms with Crippen molar-refractivity contribution in [3.8, 4) is 0 Å². The molecule has 0 aromatic carbocycles. The molecule has 0 bridgehead atoms. The minimum atomic E-state index is -0.214. The zero-order valence-electron chi connectivity index (χ0n) is 10.7. The van der Waals surface area contributed by atoms with Crippen LogP contribution < -0.4 is 11.1 Å². The van der Waals surface area contributed by atoms with Crippen LogP contribution >= 0.6 is 0 Å². The summed E-state index contributed by atoms with van der Waals surface area (Å²) < 4.78 is 4.85. The molecule has 7 nitrogen and oxygen atoms in total. The third-order valence-electron chi connectivity index (χ3n) is 3.17. The highest BCUT2D eigenvalue weighted by Gasteiger charge is 2.29. The van der Waals surface area contributed by atoms with E-state index in [1.165, 1.54) is 12.3 Å². The van der Waals surface area contributed by atoms with Crippen molar-refractivity contribution in [1.29, 1.82) is 0 Å². The first kappa shape index (κ1) is 13.5. The van der Waals surface area contributed by atoms with Gasteiger partial charge in [0.25, 0.3) is 5.91 Å². The van der Waals surface area contributed by atoms with Crippen molar-refractivity contribution in [2.45, 2.75) is 12.8 Å². The van der Waals surface area contributed by atoms with Gasteiger partial charge in [0.1, 0.15) is 0 Å². The van der Waals surface area contributed by atoms with E-state index in [0.29, 0.717) is 26.2 Å². The lowest BCUT2D eigenvalue weighted by Gasteiger charge is -2.31. The van der Waals surface area contributed by atoms with Gasteiger partial charge in [-0.05, 0) is 12.8 Å². The number of amides is 2. The monoisotopic (exact) mass is 266 g/mol. The first-order chi connectivity index (χ1) is 9.22. The summed E-state index contributed by atoms with van der Waals surface area (Å²) in [5, 5.41) is 6.28. The zero-order valence-corrected chi connectivity index (χ0v) is 10.7. The van der Waals surface area contributed by atoms with Crippen LogP contribution in [0.1, 0.15) is 23.4 Å². The SMILES string of the molecule is NCCNC(=O)C1CCCN(C(=O)c2ccno2)C1. The largest absolute Gasteiger partial charge is 0.355 e. The maximum atomic E-state index is 12.1. The van der Waals surface area contributed by atoms with Crippen LogP contribution in [0.2, 0.25) is 0 Å². The lowest BCUT2D eigenvalue weighted by Crippen LogP contribution is -2.46. The Morgan fingerprint density at radius 3 is 3.11 bits per heavy atom. The molecule has 0 saturated carbocycles. The van der Waals surface area contributed by atoms with Gasteiger partial charge in [0.2, 0.25) is 11.7 Å². The first-order valence-electron chi connectivity index (χ1n) is 6.40. The van der Waals surface area contributed by atoms with E-state index < -0.39 is 0 Å². The van der Waals surface area contributed by atoms with Crippen LogP contribution in [0.3, 0.4) is 0 Å². The molecule has 3 N–H and O–H groups in total. The fraction of sp³-hybridized carbons (Fsp3) is 0.583. The summed E-state index contributed by atoms with van der Waals surface area (Å²) in [7, 11) is 0. The molecule has 1 unspecified atom stereocenters. The lowest BCUT2D eigenvalue weighted by molar-refractivity contribution is -0.126. The van der Waals surface area contributed by atoms with Crippen LogP contribution in [0.25, 0.3) is 0 Å². The molecule has 1 atom stereocenters. The van der Waals surface area contributed by atoms with Crippen molar-refractivity contribution in [2.75, 3.05) is 26.2 Å². The molecule has 1 saturated heterocycles. The standard InChI is InChI=1S/C12H18N4O3/c13-4-6-14-11(17)9-2-1-7-16(8-9)12(18)10-3-5-15-19-10/h3,5,9H,1-2,4,6-8,13H2,(H,14,17). The molecule has 1 aliphatic heterocycles. The van der Waals surface area contributed by atoms with Crippen LogP contribution in [0.4, 0.5) is 0 Å². The molecule has 2 rings (SSSR count). The number of aromatic nitrogens is 1. The quantitative estimate of drug-likeness (QED) is 0.772. The number of nitrogens with one attached hydrogen (secondary N) is 1. The van der Waals surface area contributed by atoms with E-state index in [4.69, 9.17) is 10.3 Å². The molecule has 1 aliphatic rings. The molecule has 19 heavy (non-hydrogen) atoms. The van der Waals surface area contributed by atoms with Gasteiger partial charge in [-0.2, -0.15) is 0 Å². The van der Waals surface area contributed by atoms with E-state index in [9.17, 15) is 9.59 Å². The third kappa shape index (κ3) is 3.31. The van der Waals surface area contributed by atoms with E-state index in [1.807, 2.05) is 0 Å². The van der Waals surface area contributed by atoms with Crippen molar-refractivity contribution >= 4 is 11.8 Å². The number of carbonyl (C=O) groups is 2. The normalized spacial score (nSPS) is 19.2. The average Bonchev–Trinajstić information content (AvgIpc) is 2.98. The molecule has 0 spiro atoms. The Bertz CT molecular complexity index is 432. The summed E-state index contributed by atoms with van der Waals surface area (Å²) in [6.45, 7) is 1.93. The van der Waals surface area contributed by atoms with Gasteiger partial charge >= 0.3 is 0 Å². The molecular weight excluding hydrogens is 248 g/mol. The second-order valence-corrected chi connectivity index (χ2v) is 4.55. The summed E-state index contributed by atoms with van der Waals surface area (Å²) in [4.78, 5) is 25.6. The molecular formula is C12H18N4O3. The van der Waals surface area contributed by atoms with Crippen molar-refractivity contribution in [2.24, 2.45) is 11.7 Å². The molecule has 1 aromatic heterocycles. The number of hydrogen-bond donors (Lipinski definition) is 2. The maximum Gasteiger partial charge on any atom is 0.292 e. The highest BCUT2D eigenvalue weighted by molar-refractivity contribution is 5.92. The van der Waals surface area contributed by atoms with Crippen LogP contribution in [-0.2, 0) is 4.79 Å². The Labute approximate surface area is 111 Å². The summed E-state index contributed by atoms with van der Waals surface area (Å²) in [6.07, 6.45) is 3.03. The summed E-state index contributed by atoms with van der Waals surface area (Å²) >= 11 is 0. The second kappa shape index (κ2) is 6.33. The van der Waals surface area contributed by atoms with Gasteiger partial charge in [-0.25, -0.2) is 0 Å². The summed E-state index contributed by atoms with van der Waals surface area (Å²) in [5.74, 6) is -0.218. The Morgan fingerprint density at radius 2 is 2.42 bits per heavy atom. The first-order valence-corrected chi connectivity index (χ1v) is 6.40. The van der Waals surface area contributed by atoms with Crippen LogP contribution in [0, 0.1) is 5.92 Å². The van der Waals surface area contributed by atoms with E-state index >= 15 is 0 Å². The minimum absolute atomic E-state index is 0.0412. The Hall–Kier alpha value is -1.89. The van der Waals surface area contributed by atoms with E-state index in [1.54, 1.807) is 4.90 Å². The van der Waals surface area contributed by atoms with Crippen molar-refractivity contribution < 1.29 is 14.1 Å². The molecule has 1 fully saturated rings. The van der Waals surface area contributed by atoms with Crippen LogP contribution in [0.15, 0.2) is 16.8 Å². The van der Waals surface area contributed by atoms with Gasteiger partial charge in [0.05, 0.1) is 12.1 Å².